The Morgan fingerprint density at radius 3 is 1.88 bits per heavy atom. The van der Waals surface area contributed by atoms with Crippen molar-refractivity contribution in [2.75, 3.05) is 31.5 Å². The smallest absolute Gasteiger partial charge is 0.255 e. The van der Waals surface area contributed by atoms with Crippen molar-refractivity contribution < 1.29 is 27.4 Å². The average Bonchev–Trinajstić information content (AvgIpc) is 2.91. The highest BCUT2D eigenvalue weighted by Gasteiger charge is 2.23. The van der Waals surface area contributed by atoms with E-state index in [-0.39, 0.29) is 18.0 Å². The van der Waals surface area contributed by atoms with E-state index in [0.717, 1.165) is 30.8 Å². The number of hydrogen-bond donors (Lipinski definition) is 3. The third-order valence-electron chi connectivity index (χ3n) is 6.94. The molecule has 2 heterocycles. The number of carbonyl (C=O) groups is 1. The molecule has 0 aromatic heterocycles. The van der Waals surface area contributed by atoms with E-state index in [1.54, 1.807) is 48.5 Å². The Morgan fingerprint density at radius 2 is 1.27 bits per heavy atom. The maximum atomic E-state index is 14.1. The lowest BCUT2D eigenvalue weighted by Crippen LogP contribution is -2.50. The van der Waals surface area contributed by atoms with Gasteiger partial charge in [-0.1, -0.05) is 18.2 Å². The number of nitrogens with one attached hydrogen (secondary N) is 3. The molecule has 4 aromatic rings. The van der Waals surface area contributed by atoms with Gasteiger partial charge in [0.2, 0.25) is 0 Å². The predicted molar refractivity (Wildman–Crippen MR) is 146 cm³/mol. The van der Waals surface area contributed by atoms with Crippen molar-refractivity contribution in [3.63, 3.8) is 0 Å². The zero-order valence-corrected chi connectivity index (χ0v) is 21.3. The fraction of sp³-hybridized carbons (Fsp3) is 0.194. The highest BCUT2D eigenvalue weighted by molar-refractivity contribution is 6.05. The van der Waals surface area contributed by atoms with Crippen LogP contribution in [0, 0.1) is 17.5 Å². The van der Waals surface area contributed by atoms with Crippen LogP contribution in [0.1, 0.15) is 10.4 Å². The van der Waals surface area contributed by atoms with E-state index >= 15 is 0 Å². The predicted octanol–water partition coefficient (Wildman–Crippen LogP) is 5.39. The van der Waals surface area contributed by atoms with Crippen molar-refractivity contribution in [3.05, 3.63) is 102 Å². The zero-order valence-electron chi connectivity index (χ0n) is 21.3. The summed E-state index contributed by atoms with van der Waals surface area (Å²) in [4.78, 5) is 13.3. The molecule has 0 spiro atoms. The Bertz CT molecular complexity index is 1550. The van der Waals surface area contributed by atoms with E-state index in [0.29, 0.717) is 52.5 Å². The van der Waals surface area contributed by atoms with Crippen molar-refractivity contribution in [1.29, 1.82) is 0 Å². The highest BCUT2D eigenvalue weighted by Crippen LogP contribution is 2.36. The van der Waals surface area contributed by atoms with Gasteiger partial charge in [0.25, 0.3) is 5.91 Å². The van der Waals surface area contributed by atoms with Gasteiger partial charge in [-0.15, -0.1) is 0 Å². The minimum absolute atomic E-state index is 0.0332. The lowest BCUT2D eigenvalue weighted by molar-refractivity contribution is 0.102. The molecule has 2 saturated heterocycles. The molecule has 4 aromatic carbocycles. The molecule has 0 saturated carbocycles. The van der Waals surface area contributed by atoms with Crippen molar-refractivity contribution in [2.24, 2.45) is 0 Å². The lowest BCUT2D eigenvalue weighted by atomic mass is 10.0. The molecule has 0 atom stereocenters. The van der Waals surface area contributed by atoms with Crippen molar-refractivity contribution in [3.8, 4) is 33.8 Å². The van der Waals surface area contributed by atoms with Crippen LogP contribution in [0.5, 0.6) is 11.5 Å². The summed E-state index contributed by atoms with van der Waals surface area (Å²) >= 11 is 0. The molecule has 2 aliphatic rings. The number of amides is 1. The summed E-state index contributed by atoms with van der Waals surface area (Å²) in [6, 6.07) is 19.8. The lowest BCUT2D eigenvalue weighted by Gasteiger charge is -2.29. The van der Waals surface area contributed by atoms with E-state index in [1.807, 2.05) is 0 Å². The second kappa shape index (κ2) is 11.0. The van der Waals surface area contributed by atoms with Crippen molar-refractivity contribution in [1.82, 2.24) is 10.6 Å². The van der Waals surface area contributed by atoms with Crippen LogP contribution >= 0.6 is 0 Å². The fourth-order valence-corrected chi connectivity index (χ4v) is 4.48. The normalized spacial score (nSPS) is 15.2. The van der Waals surface area contributed by atoms with Crippen LogP contribution in [0.4, 0.5) is 18.9 Å². The molecule has 6 nitrogen and oxygen atoms in total. The number of rotatable bonds is 8. The standard InChI is InChI=1S/C31H26F3N3O3/c32-21-5-1-18(2-6-21)26-13-22(7-10-30(26)40-24-16-36-17-24)37-31(38)20-4-9-29(39-23-14-35-15-23)25(11-20)19-3-8-27(33)28(34)12-19/h1-13,23-24,35-36H,14-17H2,(H,37,38). The van der Waals surface area contributed by atoms with Gasteiger partial charge in [0.1, 0.15) is 29.5 Å². The maximum absolute atomic E-state index is 14.1. The first kappa shape index (κ1) is 25.9. The summed E-state index contributed by atoms with van der Waals surface area (Å²) in [5.74, 6) is -1.60. The summed E-state index contributed by atoms with van der Waals surface area (Å²) in [7, 11) is 0. The van der Waals surface area contributed by atoms with Gasteiger partial charge in [-0.25, -0.2) is 13.2 Å². The van der Waals surface area contributed by atoms with Gasteiger partial charge >= 0.3 is 0 Å². The summed E-state index contributed by atoms with van der Waals surface area (Å²) in [6.07, 6.45) is -0.0177. The first-order chi connectivity index (χ1) is 19.4. The molecule has 2 aliphatic heterocycles. The largest absolute Gasteiger partial charge is 0.487 e. The van der Waals surface area contributed by atoms with Gasteiger partial charge < -0.3 is 25.4 Å². The van der Waals surface area contributed by atoms with Gasteiger partial charge in [-0.3, -0.25) is 4.79 Å². The third kappa shape index (κ3) is 5.52. The Labute approximate surface area is 229 Å². The molecule has 0 radical (unpaired) electrons. The minimum atomic E-state index is -0.989. The van der Waals surface area contributed by atoms with Crippen molar-refractivity contribution >= 4 is 11.6 Å². The number of halogens is 3. The van der Waals surface area contributed by atoms with Gasteiger partial charge in [0.05, 0.1) is 0 Å². The molecule has 9 heteroatoms. The maximum Gasteiger partial charge on any atom is 0.255 e. The van der Waals surface area contributed by atoms with Crippen LogP contribution in [0.15, 0.2) is 78.9 Å². The van der Waals surface area contributed by atoms with E-state index < -0.39 is 17.5 Å². The molecule has 0 bridgehead atoms. The quantitative estimate of drug-likeness (QED) is 0.277. The number of hydrogen-bond acceptors (Lipinski definition) is 5. The molecular weight excluding hydrogens is 519 g/mol. The van der Waals surface area contributed by atoms with E-state index in [4.69, 9.17) is 9.47 Å². The number of anilines is 1. The highest BCUT2D eigenvalue weighted by atomic mass is 19.2. The molecule has 204 valence electrons. The monoisotopic (exact) mass is 545 g/mol. The summed E-state index contributed by atoms with van der Waals surface area (Å²) < 4.78 is 53.4. The van der Waals surface area contributed by atoms with Crippen LogP contribution in [0.3, 0.4) is 0 Å². The third-order valence-corrected chi connectivity index (χ3v) is 6.94. The van der Waals surface area contributed by atoms with Crippen LogP contribution in [-0.2, 0) is 0 Å². The van der Waals surface area contributed by atoms with Crippen LogP contribution in [0.25, 0.3) is 22.3 Å². The van der Waals surface area contributed by atoms with Crippen LogP contribution in [-0.4, -0.2) is 44.3 Å². The van der Waals surface area contributed by atoms with Crippen LogP contribution < -0.4 is 25.4 Å². The summed E-state index contributed by atoms with van der Waals surface area (Å²) in [6.45, 7) is 2.82. The Kier molecular flexibility index (Phi) is 7.15. The number of benzene rings is 4. The topological polar surface area (TPSA) is 71.6 Å². The van der Waals surface area contributed by atoms with Gasteiger partial charge in [-0.2, -0.15) is 0 Å². The second-order valence-corrected chi connectivity index (χ2v) is 9.81. The Hall–Kier alpha value is -4.34. The van der Waals surface area contributed by atoms with Gasteiger partial charge in [0.15, 0.2) is 11.6 Å². The van der Waals surface area contributed by atoms with Gasteiger partial charge in [-0.05, 0) is 71.8 Å². The summed E-state index contributed by atoms with van der Waals surface area (Å²) in [5.41, 5.74) is 3.14. The first-order valence-electron chi connectivity index (χ1n) is 13.0. The van der Waals surface area contributed by atoms with Crippen LogP contribution in [0.2, 0.25) is 0 Å². The number of carbonyl (C=O) groups excluding carboxylic acids is 1. The Balaban J connectivity index is 1.30. The molecule has 6 rings (SSSR count). The van der Waals surface area contributed by atoms with E-state index in [2.05, 4.69) is 16.0 Å². The molecular formula is C31H26F3N3O3. The SMILES string of the molecule is O=C(Nc1ccc(OC2CNC2)c(-c2ccc(F)cc2)c1)c1ccc(OC2CNC2)c(-c2ccc(F)c(F)c2)c1. The van der Waals surface area contributed by atoms with E-state index in [1.165, 1.54) is 18.2 Å². The zero-order chi connectivity index (χ0) is 27.6. The second-order valence-electron chi connectivity index (χ2n) is 9.81. The molecule has 2 fully saturated rings. The first-order valence-corrected chi connectivity index (χ1v) is 13.0. The summed E-state index contributed by atoms with van der Waals surface area (Å²) in [5, 5.41) is 9.19. The molecule has 0 unspecified atom stereocenters. The minimum Gasteiger partial charge on any atom is -0.487 e. The number of ether oxygens (including phenoxy) is 2. The van der Waals surface area contributed by atoms with Gasteiger partial charge in [0, 0.05) is 48.6 Å². The molecule has 1 amide bonds. The van der Waals surface area contributed by atoms with Crippen molar-refractivity contribution in [2.45, 2.75) is 12.2 Å². The molecule has 3 N–H and O–H groups in total. The fourth-order valence-electron chi connectivity index (χ4n) is 4.48. The van der Waals surface area contributed by atoms with E-state index in [9.17, 15) is 18.0 Å². The Morgan fingerprint density at radius 1 is 0.675 bits per heavy atom. The average molecular weight is 546 g/mol. The molecule has 0 aliphatic carbocycles. The molecule has 40 heavy (non-hydrogen) atoms.